The standard InChI is InChI=1S/C16H18ClN5/c1-3-22(2)15-6-7-18-16(21-15)19-10-13-9-11-8-12(17)4-5-14(11)20-13/h4-9,20H,3,10H2,1-2H3,(H,18,19,21). The molecule has 22 heavy (non-hydrogen) atoms. The SMILES string of the molecule is CCN(C)c1ccnc(NCc2cc3cc(Cl)ccc3[nH]2)n1. The molecule has 2 aromatic heterocycles. The van der Waals surface area contributed by atoms with E-state index in [4.69, 9.17) is 11.6 Å². The van der Waals surface area contributed by atoms with Crippen LogP contribution in [0.3, 0.4) is 0 Å². The summed E-state index contributed by atoms with van der Waals surface area (Å²) in [5, 5.41) is 5.08. The molecule has 2 heterocycles. The summed E-state index contributed by atoms with van der Waals surface area (Å²) in [6, 6.07) is 9.79. The second kappa shape index (κ2) is 6.23. The third-order valence-electron chi connectivity index (χ3n) is 3.58. The molecule has 0 aliphatic carbocycles. The van der Waals surface area contributed by atoms with Gasteiger partial charge in [0.2, 0.25) is 5.95 Å². The zero-order valence-electron chi connectivity index (χ0n) is 12.6. The van der Waals surface area contributed by atoms with Gasteiger partial charge in [0.05, 0.1) is 6.54 Å². The Balaban J connectivity index is 1.73. The first-order valence-corrected chi connectivity index (χ1v) is 7.58. The van der Waals surface area contributed by atoms with E-state index in [1.807, 2.05) is 31.3 Å². The van der Waals surface area contributed by atoms with Gasteiger partial charge in [0.15, 0.2) is 0 Å². The fourth-order valence-electron chi connectivity index (χ4n) is 2.24. The van der Waals surface area contributed by atoms with E-state index in [9.17, 15) is 0 Å². The lowest BCUT2D eigenvalue weighted by Gasteiger charge is -2.15. The van der Waals surface area contributed by atoms with Gasteiger partial charge in [-0.15, -0.1) is 0 Å². The molecule has 114 valence electrons. The van der Waals surface area contributed by atoms with Gasteiger partial charge in [0.25, 0.3) is 0 Å². The van der Waals surface area contributed by atoms with Crippen molar-refractivity contribution in [2.75, 3.05) is 23.8 Å². The number of fused-ring (bicyclic) bond motifs is 1. The molecule has 0 spiro atoms. The Kier molecular flexibility index (Phi) is 4.15. The molecule has 0 saturated heterocycles. The van der Waals surface area contributed by atoms with Crippen molar-refractivity contribution < 1.29 is 0 Å². The highest BCUT2D eigenvalue weighted by Crippen LogP contribution is 2.20. The van der Waals surface area contributed by atoms with Gasteiger partial charge in [-0.05, 0) is 37.3 Å². The summed E-state index contributed by atoms with van der Waals surface area (Å²) < 4.78 is 0. The van der Waals surface area contributed by atoms with Crippen molar-refractivity contribution >= 4 is 34.3 Å². The first-order chi connectivity index (χ1) is 10.7. The lowest BCUT2D eigenvalue weighted by molar-refractivity contribution is 0.922. The van der Waals surface area contributed by atoms with Gasteiger partial charge in [0, 0.05) is 41.4 Å². The Labute approximate surface area is 134 Å². The van der Waals surface area contributed by atoms with E-state index in [2.05, 4.69) is 38.2 Å². The molecule has 0 atom stereocenters. The number of nitrogens with one attached hydrogen (secondary N) is 2. The quantitative estimate of drug-likeness (QED) is 0.754. The van der Waals surface area contributed by atoms with Crippen molar-refractivity contribution in [3.05, 3.63) is 47.2 Å². The Morgan fingerprint density at radius 3 is 2.95 bits per heavy atom. The number of aromatic amines is 1. The van der Waals surface area contributed by atoms with Gasteiger partial charge >= 0.3 is 0 Å². The number of benzene rings is 1. The Hall–Kier alpha value is -2.27. The van der Waals surface area contributed by atoms with Crippen LogP contribution in [-0.4, -0.2) is 28.5 Å². The van der Waals surface area contributed by atoms with Crippen LogP contribution < -0.4 is 10.2 Å². The molecule has 0 bridgehead atoms. The second-order valence-electron chi connectivity index (χ2n) is 5.13. The summed E-state index contributed by atoms with van der Waals surface area (Å²) in [5.41, 5.74) is 2.14. The molecule has 0 aliphatic heterocycles. The minimum Gasteiger partial charge on any atom is -0.360 e. The van der Waals surface area contributed by atoms with Crippen LogP contribution in [0.4, 0.5) is 11.8 Å². The molecule has 5 nitrogen and oxygen atoms in total. The van der Waals surface area contributed by atoms with Crippen LogP contribution in [0, 0.1) is 0 Å². The highest BCUT2D eigenvalue weighted by Gasteiger charge is 2.05. The zero-order chi connectivity index (χ0) is 15.5. The smallest absolute Gasteiger partial charge is 0.224 e. The van der Waals surface area contributed by atoms with Crippen molar-refractivity contribution in [3.8, 4) is 0 Å². The van der Waals surface area contributed by atoms with Crippen LogP contribution in [0.25, 0.3) is 10.9 Å². The van der Waals surface area contributed by atoms with Crippen molar-refractivity contribution in [2.24, 2.45) is 0 Å². The van der Waals surface area contributed by atoms with E-state index in [1.165, 1.54) is 0 Å². The van der Waals surface area contributed by atoms with Gasteiger partial charge in [-0.2, -0.15) is 4.98 Å². The molecule has 0 fully saturated rings. The fourth-order valence-corrected chi connectivity index (χ4v) is 2.42. The summed E-state index contributed by atoms with van der Waals surface area (Å²) in [6.07, 6.45) is 1.77. The summed E-state index contributed by atoms with van der Waals surface area (Å²) in [4.78, 5) is 14.2. The highest BCUT2D eigenvalue weighted by molar-refractivity contribution is 6.31. The van der Waals surface area contributed by atoms with Gasteiger partial charge in [-0.3, -0.25) is 0 Å². The van der Waals surface area contributed by atoms with Gasteiger partial charge in [0.1, 0.15) is 5.82 Å². The maximum atomic E-state index is 6.01. The number of nitrogens with zero attached hydrogens (tertiary/aromatic N) is 3. The lowest BCUT2D eigenvalue weighted by Crippen LogP contribution is -2.18. The highest BCUT2D eigenvalue weighted by atomic mass is 35.5. The largest absolute Gasteiger partial charge is 0.360 e. The van der Waals surface area contributed by atoms with Gasteiger partial charge in [-0.25, -0.2) is 4.98 Å². The average molecular weight is 316 g/mol. The first kappa shape index (κ1) is 14.7. The Morgan fingerprint density at radius 2 is 2.14 bits per heavy atom. The zero-order valence-corrected chi connectivity index (χ0v) is 13.4. The number of halogens is 1. The molecule has 6 heteroatoms. The lowest BCUT2D eigenvalue weighted by atomic mass is 10.2. The van der Waals surface area contributed by atoms with Crippen LogP contribution in [0.5, 0.6) is 0 Å². The Bertz CT molecular complexity index is 783. The van der Waals surface area contributed by atoms with Crippen molar-refractivity contribution in [2.45, 2.75) is 13.5 Å². The van der Waals surface area contributed by atoms with Gasteiger partial charge in [-0.1, -0.05) is 11.6 Å². The summed E-state index contributed by atoms with van der Waals surface area (Å²) in [6.45, 7) is 3.62. The molecule has 0 radical (unpaired) electrons. The van der Waals surface area contributed by atoms with Crippen LogP contribution in [0.1, 0.15) is 12.6 Å². The molecule has 0 amide bonds. The number of anilines is 2. The number of rotatable bonds is 5. The van der Waals surface area contributed by atoms with E-state index >= 15 is 0 Å². The summed E-state index contributed by atoms with van der Waals surface area (Å²) in [7, 11) is 2.01. The predicted molar refractivity (Wildman–Crippen MR) is 91.6 cm³/mol. The molecule has 1 aromatic carbocycles. The number of hydrogen-bond acceptors (Lipinski definition) is 4. The number of aromatic nitrogens is 3. The third kappa shape index (κ3) is 3.14. The molecule has 0 aliphatic rings. The molecular weight excluding hydrogens is 298 g/mol. The second-order valence-corrected chi connectivity index (χ2v) is 5.57. The Morgan fingerprint density at radius 1 is 1.27 bits per heavy atom. The van der Waals surface area contributed by atoms with Crippen LogP contribution in [0.15, 0.2) is 36.5 Å². The maximum absolute atomic E-state index is 6.01. The van der Waals surface area contributed by atoms with Crippen LogP contribution in [-0.2, 0) is 6.54 Å². The number of H-pyrrole nitrogens is 1. The van der Waals surface area contributed by atoms with E-state index in [0.29, 0.717) is 12.5 Å². The molecule has 0 saturated carbocycles. The van der Waals surface area contributed by atoms with E-state index in [-0.39, 0.29) is 0 Å². The number of hydrogen-bond donors (Lipinski definition) is 2. The minimum atomic E-state index is 0.620. The molecular formula is C16H18ClN5. The van der Waals surface area contributed by atoms with Crippen LogP contribution >= 0.6 is 11.6 Å². The van der Waals surface area contributed by atoms with E-state index in [1.54, 1.807) is 6.20 Å². The van der Waals surface area contributed by atoms with Crippen molar-refractivity contribution in [1.29, 1.82) is 0 Å². The monoisotopic (exact) mass is 315 g/mol. The first-order valence-electron chi connectivity index (χ1n) is 7.21. The molecule has 3 rings (SSSR count). The van der Waals surface area contributed by atoms with E-state index in [0.717, 1.165) is 34.0 Å². The minimum absolute atomic E-state index is 0.620. The third-order valence-corrected chi connectivity index (χ3v) is 3.82. The molecule has 2 N–H and O–H groups in total. The van der Waals surface area contributed by atoms with Crippen molar-refractivity contribution in [1.82, 2.24) is 15.0 Å². The van der Waals surface area contributed by atoms with Crippen LogP contribution in [0.2, 0.25) is 5.02 Å². The van der Waals surface area contributed by atoms with E-state index < -0.39 is 0 Å². The summed E-state index contributed by atoms with van der Waals surface area (Å²) in [5.74, 6) is 1.53. The topological polar surface area (TPSA) is 56.8 Å². The van der Waals surface area contributed by atoms with Gasteiger partial charge < -0.3 is 15.2 Å². The summed E-state index contributed by atoms with van der Waals surface area (Å²) >= 11 is 6.01. The normalized spacial score (nSPS) is 10.9. The predicted octanol–water partition coefficient (Wildman–Crippen LogP) is 3.68. The molecule has 0 unspecified atom stereocenters. The average Bonchev–Trinajstić information content (AvgIpc) is 2.94. The molecule has 3 aromatic rings. The van der Waals surface area contributed by atoms with Crippen molar-refractivity contribution in [3.63, 3.8) is 0 Å². The fraction of sp³-hybridized carbons (Fsp3) is 0.250. The maximum Gasteiger partial charge on any atom is 0.224 e.